The van der Waals surface area contributed by atoms with Crippen molar-refractivity contribution in [3.63, 3.8) is 0 Å². The summed E-state index contributed by atoms with van der Waals surface area (Å²) in [5, 5.41) is 15.7. The van der Waals surface area contributed by atoms with E-state index in [1.807, 2.05) is 0 Å². The van der Waals surface area contributed by atoms with Crippen LogP contribution < -0.4 is 10.6 Å². The van der Waals surface area contributed by atoms with Crippen LogP contribution in [0.3, 0.4) is 0 Å². The quantitative estimate of drug-likeness (QED) is 0.786. The zero-order chi connectivity index (χ0) is 16.1. The van der Waals surface area contributed by atoms with E-state index in [4.69, 9.17) is 23.2 Å². The molecular formula is C15H13Cl2FN2O2. The number of halogens is 3. The topological polar surface area (TPSA) is 61.4 Å². The highest BCUT2D eigenvalue weighted by molar-refractivity contribution is 6.35. The summed E-state index contributed by atoms with van der Waals surface area (Å²) in [6, 6.07) is 9.53. The Kier molecular flexibility index (Phi) is 5.60. The first kappa shape index (κ1) is 16.5. The molecule has 2 aromatic carbocycles. The number of nitrogens with one attached hydrogen (secondary N) is 2. The molecule has 2 rings (SSSR count). The summed E-state index contributed by atoms with van der Waals surface area (Å²) in [6.45, 7) is -0.0321. The summed E-state index contributed by atoms with van der Waals surface area (Å²) in [6.07, 6.45) is -0.943. The van der Waals surface area contributed by atoms with Crippen LogP contribution in [0, 0.1) is 5.82 Å². The Morgan fingerprint density at radius 3 is 2.55 bits per heavy atom. The number of carbonyl (C=O) groups is 1. The average molecular weight is 343 g/mol. The third kappa shape index (κ3) is 4.59. The van der Waals surface area contributed by atoms with Crippen molar-refractivity contribution in [1.29, 1.82) is 0 Å². The smallest absolute Gasteiger partial charge is 0.319 e. The molecule has 0 saturated heterocycles. The Balaban J connectivity index is 1.89. The number of urea groups is 1. The molecule has 0 aliphatic rings. The van der Waals surface area contributed by atoms with Crippen molar-refractivity contribution in [2.75, 3.05) is 11.9 Å². The molecule has 1 atom stereocenters. The van der Waals surface area contributed by atoms with Crippen LogP contribution >= 0.6 is 23.2 Å². The Bertz CT molecular complexity index is 665. The van der Waals surface area contributed by atoms with Gasteiger partial charge in [-0.3, -0.25) is 0 Å². The number of anilines is 1. The molecule has 0 aliphatic heterocycles. The van der Waals surface area contributed by atoms with Crippen molar-refractivity contribution in [1.82, 2.24) is 5.32 Å². The molecule has 2 amide bonds. The molecule has 0 spiro atoms. The minimum atomic E-state index is -0.943. The molecule has 0 bridgehead atoms. The lowest BCUT2D eigenvalue weighted by atomic mass is 10.1. The minimum Gasteiger partial charge on any atom is -0.387 e. The van der Waals surface area contributed by atoms with Crippen molar-refractivity contribution in [3.8, 4) is 0 Å². The van der Waals surface area contributed by atoms with Gasteiger partial charge in [0.2, 0.25) is 0 Å². The van der Waals surface area contributed by atoms with Crippen LogP contribution in [0.15, 0.2) is 42.5 Å². The largest absolute Gasteiger partial charge is 0.387 e. The van der Waals surface area contributed by atoms with E-state index < -0.39 is 18.0 Å². The van der Waals surface area contributed by atoms with E-state index in [0.717, 1.165) is 0 Å². The van der Waals surface area contributed by atoms with E-state index in [9.17, 15) is 14.3 Å². The monoisotopic (exact) mass is 342 g/mol. The predicted octanol–water partition coefficient (Wildman–Crippen LogP) is 3.99. The Morgan fingerprint density at radius 2 is 1.86 bits per heavy atom. The number of aliphatic hydroxyl groups excluding tert-OH is 1. The molecular weight excluding hydrogens is 330 g/mol. The van der Waals surface area contributed by atoms with Gasteiger partial charge in [0.25, 0.3) is 0 Å². The van der Waals surface area contributed by atoms with Crippen molar-refractivity contribution < 1.29 is 14.3 Å². The highest BCUT2D eigenvalue weighted by atomic mass is 35.5. The van der Waals surface area contributed by atoms with E-state index in [-0.39, 0.29) is 6.54 Å². The van der Waals surface area contributed by atoms with Gasteiger partial charge in [-0.05, 0) is 35.9 Å². The first-order valence-corrected chi connectivity index (χ1v) is 7.15. The molecule has 0 radical (unpaired) electrons. The Morgan fingerprint density at radius 1 is 1.18 bits per heavy atom. The molecule has 116 valence electrons. The van der Waals surface area contributed by atoms with Crippen LogP contribution in [0.5, 0.6) is 0 Å². The molecule has 0 heterocycles. The SMILES string of the molecule is O=C(NCC(O)c1ccc(F)cc1)Nc1cc(Cl)ccc1Cl. The van der Waals surface area contributed by atoms with Gasteiger partial charge in [0.15, 0.2) is 0 Å². The lowest BCUT2D eigenvalue weighted by Crippen LogP contribution is -2.32. The molecule has 3 N–H and O–H groups in total. The van der Waals surface area contributed by atoms with E-state index >= 15 is 0 Å². The molecule has 1 unspecified atom stereocenters. The second-order valence-electron chi connectivity index (χ2n) is 4.53. The first-order valence-electron chi connectivity index (χ1n) is 6.39. The fraction of sp³-hybridized carbons (Fsp3) is 0.133. The lowest BCUT2D eigenvalue weighted by molar-refractivity contribution is 0.175. The number of benzene rings is 2. The second kappa shape index (κ2) is 7.45. The second-order valence-corrected chi connectivity index (χ2v) is 5.37. The van der Waals surface area contributed by atoms with Crippen molar-refractivity contribution in [3.05, 3.63) is 63.9 Å². The minimum absolute atomic E-state index is 0.0321. The lowest BCUT2D eigenvalue weighted by Gasteiger charge is -2.13. The summed E-state index contributed by atoms with van der Waals surface area (Å²) in [5.74, 6) is -0.391. The summed E-state index contributed by atoms with van der Waals surface area (Å²) >= 11 is 11.7. The number of aliphatic hydroxyl groups is 1. The average Bonchev–Trinajstić information content (AvgIpc) is 2.49. The highest BCUT2D eigenvalue weighted by Crippen LogP contribution is 2.25. The number of hydrogen-bond donors (Lipinski definition) is 3. The van der Waals surface area contributed by atoms with Crippen molar-refractivity contribution in [2.24, 2.45) is 0 Å². The van der Waals surface area contributed by atoms with Crippen LogP contribution in [-0.2, 0) is 0 Å². The number of hydrogen-bond acceptors (Lipinski definition) is 2. The van der Waals surface area contributed by atoms with Gasteiger partial charge in [-0.15, -0.1) is 0 Å². The maximum absolute atomic E-state index is 12.8. The van der Waals surface area contributed by atoms with E-state index in [0.29, 0.717) is 21.3 Å². The van der Waals surface area contributed by atoms with Crippen LogP contribution in [0.2, 0.25) is 10.0 Å². The fourth-order valence-electron chi connectivity index (χ4n) is 1.75. The van der Waals surface area contributed by atoms with Gasteiger partial charge in [0, 0.05) is 11.6 Å². The zero-order valence-corrected chi connectivity index (χ0v) is 12.8. The zero-order valence-electron chi connectivity index (χ0n) is 11.3. The number of rotatable bonds is 4. The Hall–Kier alpha value is -1.82. The van der Waals surface area contributed by atoms with E-state index in [2.05, 4.69) is 10.6 Å². The van der Waals surface area contributed by atoms with Gasteiger partial charge in [0.05, 0.1) is 16.8 Å². The Labute approximate surface area is 136 Å². The third-order valence-electron chi connectivity index (χ3n) is 2.89. The van der Waals surface area contributed by atoms with Gasteiger partial charge >= 0.3 is 6.03 Å². The molecule has 2 aromatic rings. The first-order chi connectivity index (χ1) is 10.5. The normalized spacial score (nSPS) is 11.8. The van der Waals surface area contributed by atoms with Gasteiger partial charge in [-0.25, -0.2) is 9.18 Å². The molecule has 22 heavy (non-hydrogen) atoms. The maximum atomic E-state index is 12.8. The summed E-state index contributed by atoms with van der Waals surface area (Å²) in [4.78, 5) is 11.8. The third-order valence-corrected chi connectivity index (χ3v) is 3.45. The molecule has 7 heteroatoms. The molecule has 0 fully saturated rings. The van der Waals surface area contributed by atoms with Crippen LogP contribution in [-0.4, -0.2) is 17.7 Å². The van der Waals surface area contributed by atoms with Gasteiger partial charge < -0.3 is 15.7 Å². The van der Waals surface area contributed by atoms with Gasteiger partial charge in [-0.1, -0.05) is 35.3 Å². The predicted molar refractivity (Wildman–Crippen MR) is 84.8 cm³/mol. The summed E-state index contributed by atoms with van der Waals surface area (Å²) in [5.41, 5.74) is 0.866. The van der Waals surface area contributed by atoms with Crippen LogP contribution in [0.4, 0.5) is 14.9 Å². The standard InChI is InChI=1S/C15H13Cl2FN2O2/c16-10-3-6-12(17)13(7-10)20-15(22)19-8-14(21)9-1-4-11(18)5-2-9/h1-7,14,21H,8H2,(H2,19,20,22). The van der Waals surface area contributed by atoms with Crippen molar-refractivity contribution >= 4 is 34.9 Å². The van der Waals surface area contributed by atoms with E-state index in [1.54, 1.807) is 12.1 Å². The highest BCUT2D eigenvalue weighted by Gasteiger charge is 2.11. The number of carbonyl (C=O) groups excluding carboxylic acids is 1. The molecule has 0 saturated carbocycles. The van der Waals surface area contributed by atoms with Gasteiger partial charge in [0.1, 0.15) is 5.82 Å². The summed E-state index contributed by atoms with van der Waals surface area (Å²) < 4.78 is 12.8. The van der Waals surface area contributed by atoms with Crippen LogP contribution in [0.1, 0.15) is 11.7 Å². The maximum Gasteiger partial charge on any atom is 0.319 e. The van der Waals surface area contributed by atoms with Crippen molar-refractivity contribution in [2.45, 2.75) is 6.10 Å². The summed E-state index contributed by atoms with van der Waals surface area (Å²) in [7, 11) is 0. The fourth-order valence-corrected chi connectivity index (χ4v) is 2.09. The van der Waals surface area contributed by atoms with Crippen LogP contribution in [0.25, 0.3) is 0 Å². The van der Waals surface area contributed by atoms with E-state index in [1.165, 1.54) is 30.3 Å². The molecule has 0 aliphatic carbocycles. The molecule has 4 nitrogen and oxygen atoms in total. The number of amides is 2. The van der Waals surface area contributed by atoms with Gasteiger partial charge in [-0.2, -0.15) is 0 Å². The molecule has 0 aromatic heterocycles.